The number of aromatic nitrogens is 4. The number of alkyl halides is 1. The summed E-state index contributed by atoms with van der Waals surface area (Å²) in [7, 11) is 2.59. The number of hydrogen-bond donors (Lipinski definition) is 4. The van der Waals surface area contributed by atoms with Crippen LogP contribution < -0.4 is 10.6 Å². The van der Waals surface area contributed by atoms with Gasteiger partial charge in [0.15, 0.2) is 0 Å². The van der Waals surface area contributed by atoms with Crippen LogP contribution in [-0.2, 0) is 19.1 Å². The predicted octanol–water partition coefficient (Wildman–Crippen LogP) is 7.91. The number of nitrogens with one attached hydrogen (secondary N) is 4. The topological polar surface area (TPSA) is 175 Å². The van der Waals surface area contributed by atoms with Crippen LogP contribution in [0, 0.1) is 35.0 Å². The van der Waals surface area contributed by atoms with Crippen molar-refractivity contribution in [3.05, 3.63) is 71.4 Å². The molecule has 4 aromatic rings. The molecule has 4 heterocycles. The summed E-state index contributed by atoms with van der Waals surface area (Å²) in [4.78, 5) is 72.5. The number of fused-ring (bicyclic) bond motifs is 1. The number of unbranched alkanes of at least 4 members (excludes halogenated alkanes) is 1. The van der Waals surface area contributed by atoms with Crippen molar-refractivity contribution in [2.24, 2.45) is 23.2 Å². The first kappa shape index (κ1) is 45.4. The maximum Gasteiger partial charge on any atom is 0.407 e. The van der Waals surface area contributed by atoms with Crippen molar-refractivity contribution < 1.29 is 28.7 Å². The molecule has 4 N–H and O–H groups in total. The third-order valence-corrected chi connectivity index (χ3v) is 12.5. The number of alkyl carbamates (subject to hydrolysis) is 2. The zero-order valence-corrected chi connectivity index (χ0v) is 38.6. The number of carbonyl (C=O) groups excluding carboxylic acids is 4. The van der Waals surface area contributed by atoms with Gasteiger partial charge in [-0.1, -0.05) is 94.5 Å². The summed E-state index contributed by atoms with van der Waals surface area (Å²) in [6, 6.07) is 11.9. The molecule has 15 heteroatoms. The number of carbonyl (C=O) groups is 4. The first-order valence-corrected chi connectivity index (χ1v) is 22.7. The summed E-state index contributed by atoms with van der Waals surface area (Å²) in [5, 5.41) is 5.48. The Balaban J connectivity index is 1.17. The van der Waals surface area contributed by atoms with Crippen LogP contribution in [0.1, 0.15) is 109 Å². The van der Waals surface area contributed by atoms with E-state index in [0.717, 1.165) is 75.8 Å². The number of nitrogens with zero attached hydrogens (tertiary/aromatic N) is 4. The van der Waals surface area contributed by atoms with E-state index in [1.165, 1.54) is 14.2 Å². The lowest BCUT2D eigenvalue weighted by atomic mass is 9.90. The third kappa shape index (κ3) is 10.9. The average Bonchev–Trinajstić information content (AvgIpc) is 4.05. The SMILES string of the molecule is COC(=O)N[C@H](C(=O)N1CC(C)(C)C[C@H]1c1ncc(-c2ccc(C#Cc3ccc4nc([C@@H]5C[C@H](CCCCI)CN5C(=O)[C@@H](NC(=O)OC)C(C)C)[nH]c4c3)cc2)[nH]1)C(C)C. The van der Waals surface area contributed by atoms with E-state index < -0.39 is 24.3 Å². The van der Waals surface area contributed by atoms with E-state index in [1.807, 2.05) is 80.0 Å². The zero-order valence-electron chi connectivity index (χ0n) is 36.4. The number of rotatable bonds is 13. The largest absolute Gasteiger partial charge is 0.453 e. The lowest BCUT2D eigenvalue weighted by molar-refractivity contribution is -0.136. The number of halogens is 1. The highest BCUT2D eigenvalue weighted by atomic mass is 127. The van der Waals surface area contributed by atoms with E-state index in [9.17, 15) is 19.2 Å². The van der Waals surface area contributed by atoms with Crippen LogP contribution in [0.4, 0.5) is 9.59 Å². The van der Waals surface area contributed by atoms with Gasteiger partial charge in [-0.05, 0) is 89.2 Å². The number of H-pyrrole nitrogens is 2. The van der Waals surface area contributed by atoms with Gasteiger partial charge in [0.2, 0.25) is 11.8 Å². The van der Waals surface area contributed by atoms with Gasteiger partial charge in [-0.25, -0.2) is 19.6 Å². The first-order chi connectivity index (χ1) is 29.1. The highest BCUT2D eigenvalue weighted by molar-refractivity contribution is 14.1. The lowest BCUT2D eigenvalue weighted by Gasteiger charge is -2.30. The molecule has 2 saturated heterocycles. The first-order valence-electron chi connectivity index (χ1n) is 21.1. The quantitative estimate of drug-likeness (QED) is 0.0453. The molecular formula is C46H59IN8O6. The summed E-state index contributed by atoms with van der Waals surface area (Å²) in [5.74, 6) is 7.80. The summed E-state index contributed by atoms with van der Waals surface area (Å²) >= 11 is 2.41. The second kappa shape index (κ2) is 19.7. The van der Waals surface area contributed by atoms with Crippen molar-refractivity contribution in [2.75, 3.05) is 31.7 Å². The third-order valence-electron chi connectivity index (χ3n) is 11.7. The van der Waals surface area contributed by atoms with E-state index in [0.29, 0.717) is 24.8 Å². The zero-order chi connectivity index (χ0) is 44.0. The number of ether oxygens (including phenoxy) is 2. The smallest absolute Gasteiger partial charge is 0.407 e. The maximum atomic E-state index is 14.0. The molecule has 2 aromatic carbocycles. The fourth-order valence-electron chi connectivity index (χ4n) is 8.46. The molecule has 0 aliphatic carbocycles. The fourth-order valence-corrected chi connectivity index (χ4v) is 9.00. The van der Waals surface area contributed by atoms with Gasteiger partial charge < -0.3 is 39.9 Å². The molecule has 0 bridgehead atoms. The monoisotopic (exact) mass is 946 g/mol. The molecule has 0 spiro atoms. The van der Waals surface area contributed by atoms with Crippen molar-refractivity contribution in [3.8, 4) is 23.1 Å². The van der Waals surface area contributed by atoms with Crippen molar-refractivity contribution in [2.45, 2.75) is 97.8 Å². The van der Waals surface area contributed by atoms with Gasteiger partial charge >= 0.3 is 12.2 Å². The minimum atomic E-state index is -0.722. The molecule has 326 valence electrons. The lowest BCUT2D eigenvalue weighted by Crippen LogP contribution is -2.51. The highest BCUT2D eigenvalue weighted by Gasteiger charge is 2.45. The number of aromatic amines is 2. The number of amides is 4. The second-order valence-electron chi connectivity index (χ2n) is 17.7. The minimum absolute atomic E-state index is 0.126. The van der Waals surface area contributed by atoms with Crippen molar-refractivity contribution >= 4 is 57.6 Å². The van der Waals surface area contributed by atoms with E-state index in [4.69, 9.17) is 19.4 Å². The van der Waals surface area contributed by atoms with Crippen LogP contribution in [0.3, 0.4) is 0 Å². The Morgan fingerprint density at radius 3 is 2.10 bits per heavy atom. The molecule has 6 rings (SSSR count). The van der Waals surface area contributed by atoms with Gasteiger partial charge in [-0.2, -0.15) is 0 Å². The van der Waals surface area contributed by atoms with Crippen molar-refractivity contribution in [1.29, 1.82) is 0 Å². The normalized spacial score (nSPS) is 19.4. The Kier molecular flexibility index (Phi) is 14.7. The van der Waals surface area contributed by atoms with Crippen LogP contribution in [0.25, 0.3) is 22.3 Å². The summed E-state index contributed by atoms with van der Waals surface area (Å²) in [6.45, 7) is 13.1. The molecule has 4 amide bonds. The Bertz CT molecular complexity index is 2260. The molecule has 2 aromatic heterocycles. The van der Waals surface area contributed by atoms with Gasteiger partial charge in [0.25, 0.3) is 0 Å². The van der Waals surface area contributed by atoms with Crippen molar-refractivity contribution in [3.63, 3.8) is 0 Å². The molecule has 0 radical (unpaired) electrons. The van der Waals surface area contributed by atoms with Gasteiger partial charge in [-0.15, -0.1) is 0 Å². The molecular weight excluding hydrogens is 887 g/mol. The van der Waals surface area contributed by atoms with Crippen molar-refractivity contribution in [1.82, 2.24) is 40.4 Å². The molecule has 5 atom stereocenters. The van der Waals surface area contributed by atoms with Crippen LogP contribution in [0.2, 0.25) is 0 Å². The summed E-state index contributed by atoms with van der Waals surface area (Å²) in [5.41, 5.74) is 4.93. The number of likely N-dealkylation sites (tertiary alicyclic amines) is 2. The van der Waals surface area contributed by atoms with E-state index in [-0.39, 0.29) is 41.1 Å². The molecule has 2 aliphatic rings. The van der Waals surface area contributed by atoms with Gasteiger partial charge in [-0.3, -0.25) is 9.59 Å². The summed E-state index contributed by atoms with van der Waals surface area (Å²) < 4.78 is 10.7. The Morgan fingerprint density at radius 2 is 1.48 bits per heavy atom. The Hall–Kier alpha value is -5.11. The predicted molar refractivity (Wildman–Crippen MR) is 243 cm³/mol. The number of imidazole rings is 2. The molecule has 2 aliphatic heterocycles. The molecule has 14 nitrogen and oxygen atoms in total. The average molecular weight is 947 g/mol. The van der Waals surface area contributed by atoms with Gasteiger partial charge in [0, 0.05) is 24.2 Å². The fraction of sp³-hybridized carbons (Fsp3) is 0.522. The second-order valence-corrected chi connectivity index (χ2v) is 18.8. The molecule has 61 heavy (non-hydrogen) atoms. The van der Waals surface area contributed by atoms with Crippen LogP contribution in [0.5, 0.6) is 0 Å². The Labute approximate surface area is 372 Å². The number of benzene rings is 2. The Morgan fingerprint density at radius 1 is 0.852 bits per heavy atom. The van der Waals surface area contributed by atoms with E-state index >= 15 is 0 Å². The molecule has 0 unspecified atom stereocenters. The van der Waals surface area contributed by atoms with Crippen LogP contribution in [-0.4, -0.2) is 97.6 Å². The maximum absolute atomic E-state index is 14.0. The summed E-state index contributed by atoms with van der Waals surface area (Å²) in [6.07, 6.45) is 5.32. The van der Waals surface area contributed by atoms with Crippen LogP contribution >= 0.6 is 22.6 Å². The van der Waals surface area contributed by atoms with Gasteiger partial charge in [0.1, 0.15) is 23.7 Å². The minimum Gasteiger partial charge on any atom is -0.453 e. The number of methoxy groups -OCH3 is 2. The molecule has 0 saturated carbocycles. The molecule has 2 fully saturated rings. The van der Waals surface area contributed by atoms with Crippen LogP contribution in [0.15, 0.2) is 48.7 Å². The number of hydrogen-bond acceptors (Lipinski definition) is 8. The van der Waals surface area contributed by atoms with E-state index in [2.05, 4.69) is 68.9 Å². The standard InChI is InChI=1S/C46H59IN8O6/c1-27(2)38(52-44(58)60-7)42(56)54-25-31(11-9-10-20-47)22-36(54)41-49-33-19-16-30(21-34(33)50-41)13-12-29-14-17-32(18-15-29)35-24-48-40(51-35)37-23-46(5,6)26-55(37)43(57)39(28(3)4)53-45(59)61-8/h14-19,21,24,27-28,31,36-39H,9-11,20,22-23,25-26H2,1-8H3,(H,48,51)(H,49,50)(H,52,58)(H,53,59)/t31-,36-,37-,38-,39-/m0/s1. The van der Waals surface area contributed by atoms with E-state index in [1.54, 1.807) is 6.20 Å². The van der Waals surface area contributed by atoms with Gasteiger partial charge in [0.05, 0.1) is 49.2 Å². The highest BCUT2D eigenvalue weighted by Crippen LogP contribution is 2.43.